The van der Waals surface area contributed by atoms with Crippen LogP contribution in [0.1, 0.15) is 42.3 Å². The number of ether oxygens (including phenoxy) is 1. The van der Waals surface area contributed by atoms with Gasteiger partial charge in [0.05, 0.1) is 23.0 Å². The number of nitrogens with one attached hydrogen (secondary N) is 4. The van der Waals surface area contributed by atoms with E-state index in [4.69, 9.17) is 4.74 Å². The third-order valence-corrected chi connectivity index (χ3v) is 6.72. The lowest BCUT2D eigenvalue weighted by molar-refractivity contribution is -0.122. The Morgan fingerprint density at radius 2 is 2.03 bits per heavy atom. The van der Waals surface area contributed by atoms with Crippen molar-refractivity contribution >= 4 is 40.3 Å². The predicted molar refractivity (Wildman–Crippen MR) is 139 cm³/mol. The molecule has 186 valence electrons. The monoisotopic (exact) mass is 488 g/mol. The van der Waals surface area contributed by atoms with Gasteiger partial charge < -0.3 is 30.6 Å². The first-order chi connectivity index (χ1) is 17.2. The smallest absolute Gasteiger partial charge is 0.263 e. The van der Waals surface area contributed by atoms with E-state index in [1.807, 2.05) is 33.8 Å². The number of benzene rings is 1. The molecule has 0 spiro atoms. The Bertz CT molecular complexity index is 1440. The minimum Gasteiger partial charge on any atom is -0.474 e. The zero-order chi connectivity index (χ0) is 25.6. The molecule has 0 bridgehead atoms. The average molecular weight is 489 g/mol. The van der Waals surface area contributed by atoms with Crippen molar-refractivity contribution in [1.82, 2.24) is 9.97 Å². The summed E-state index contributed by atoms with van der Waals surface area (Å²) < 4.78 is 5.58. The number of aromatic nitrogens is 2. The van der Waals surface area contributed by atoms with Gasteiger partial charge in [-0.1, -0.05) is 0 Å². The number of carbonyl (C=O) groups excluding carboxylic acids is 2. The lowest BCUT2D eigenvalue weighted by Crippen LogP contribution is -2.35. The molecular weight excluding hydrogens is 460 g/mol. The van der Waals surface area contributed by atoms with Gasteiger partial charge in [-0.05, 0) is 57.5 Å². The number of rotatable bonds is 5. The Kier molecular flexibility index (Phi) is 5.66. The number of fused-ring (bicyclic) bond motifs is 2. The van der Waals surface area contributed by atoms with Crippen molar-refractivity contribution < 1.29 is 14.3 Å². The van der Waals surface area contributed by atoms with Gasteiger partial charge in [0.15, 0.2) is 0 Å². The minimum absolute atomic E-state index is 0.0170. The zero-order valence-corrected chi connectivity index (χ0v) is 20.6. The van der Waals surface area contributed by atoms with Crippen molar-refractivity contribution in [3.8, 4) is 5.88 Å². The summed E-state index contributed by atoms with van der Waals surface area (Å²) in [5.41, 5.74) is 3.47. The van der Waals surface area contributed by atoms with E-state index in [9.17, 15) is 14.4 Å². The minimum atomic E-state index is -0.711. The van der Waals surface area contributed by atoms with Gasteiger partial charge in [-0.2, -0.15) is 0 Å². The number of aromatic amines is 1. The van der Waals surface area contributed by atoms with Crippen molar-refractivity contribution in [2.75, 3.05) is 40.5 Å². The number of pyridine rings is 2. The van der Waals surface area contributed by atoms with Crippen LogP contribution in [0, 0.1) is 6.92 Å². The fourth-order valence-corrected chi connectivity index (χ4v) is 4.72. The summed E-state index contributed by atoms with van der Waals surface area (Å²) >= 11 is 0. The maximum atomic E-state index is 13.3. The molecule has 4 heterocycles. The van der Waals surface area contributed by atoms with Crippen LogP contribution in [-0.4, -0.2) is 41.5 Å². The van der Waals surface area contributed by atoms with Crippen LogP contribution in [0.5, 0.6) is 5.88 Å². The van der Waals surface area contributed by atoms with Crippen molar-refractivity contribution in [1.29, 1.82) is 0 Å². The summed E-state index contributed by atoms with van der Waals surface area (Å²) in [5, 5.41) is 9.28. The van der Waals surface area contributed by atoms with Gasteiger partial charge in [0.1, 0.15) is 17.9 Å². The van der Waals surface area contributed by atoms with Gasteiger partial charge in [0.25, 0.3) is 11.5 Å². The molecule has 2 aromatic heterocycles. The standard InChI is InChI=1S/C26H28N6O4/c1-5-32-19-7-6-15(12-16(19)26(3,4)25(32)35)30-23(34)20-17(8-9-28-22(20)33)31-18-13-29-24-21(14(18)2)27-10-11-36-24/h6-9,12-13,27H,5,10-11H2,1-4H3,(H,30,34)(H2,28,31,33). The Hall–Kier alpha value is -4.34. The summed E-state index contributed by atoms with van der Waals surface area (Å²) in [5.74, 6) is -0.0324. The molecule has 0 aliphatic carbocycles. The number of anilines is 5. The van der Waals surface area contributed by atoms with Crippen LogP contribution < -0.4 is 31.1 Å². The Balaban J connectivity index is 1.45. The molecule has 10 heteroatoms. The topological polar surface area (TPSA) is 128 Å². The van der Waals surface area contributed by atoms with Crippen molar-refractivity contribution in [3.05, 3.63) is 63.7 Å². The van der Waals surface area contributed by atoms with E-state index in [0.717, 1.165) is 22.5 Å². The van der Waals surface area contributed by atoms with Crippen LogP contribution in [0.25, 0.3) is 0 Å². The first kappa shape index (κ1) is 23.4. The molecule has 10 nitrogen and oxygen atoms in total. The normalized spacial score (nSPS) is 15.4. The first-order valence-corrected chi connectivity index (χ1v) is 11.8. The Labute approximate surface area is 208 Å². The highest BCUT2D eigenvalue weighted by Gasteiger charge is 2.43. The highest BCUT2D eigenvalue weighted by atomic mass is 16.5. The average Bonchev–Trinajstić information content (AvgIpc) is 3.05. The molecule has 0 unspecified atom stereocenters. The van der Waals surface area contributed by atoms with E-state index in [0.29, 0.717) is 42.6 Å². The number of likely N-dealkylation sites (N-methyl/N-ethyl adjacent to an activating group) is 1. The summed E-state index contributed by atoms with van der Waals surface area (Å²) in [6.45, 7) is 9.34. The number of hydrogen-bond acceptors (Lipinski definition) is 7. The van der Waals surface area contributed by atoms with E-state index >= 15 is 0 Å². The second kappa shape index (κ2) is 8.71. The molecule has 2 aliphatic heterocycles. The van der Waals surface area contributed by atoms with Crippen LogP contribution in [0.2, 0.25) is 0 Å². The molecule has 2 amide bonds. The van der Waals surface area contributed by atoms with E-state index in [-0.39, 0.29) is 11.5 Å². The summed E-state index contributed by atoms with van der Waals surface area (Å²) in [6.07, 6.45) is 3.09. The quantitative estimate of drug-likeness (QED) is 0.433. The molecule has 36 heavy (non-hydrogen) atoms. The zero-order valence-electron chi connectivity index (χ0n) is 20.6. The number of amides is 2. The maximum Gasteiger partial charge on any atom is 0.263 e. The van der Waals surface area contributed by atoms with Crippen molar-refractivity contribution in [2.45, 2.75) is 33.1 Å². The molecule has 0 saturated heterocycles. The SMILES string of the molecule is CCN1C(=O)C(C)(C)c2cc(NC(=O)c3c(Nc4cnc5c(c4C)NCCO5)cc[nH]c3=O)ccc21. The summed E-state index contributed by atoms with van der Waals surface area (Å²) in [4.78, 5) is 47.5. The van der Waals surface area contributed by atoms with Crippen LogP contribution in [0.3, 0.4) is 0 Å². The van der Waals surface area contributed by atoms with E-state index in [2.05, 4.69) is 25.9 Å². The molecule has 0 radical (unpaired) electrons. The summed E-state index contributed by atoms with van der Waals surface area (Å²) in [7, 11) is 0. The van der Waals surface area contributed by atoms with Gasteiger partial charge >= 0.3 is 0 Å². The molecule has 0 atom stereocenters. The number of hydrogen-bond donors (Lipinski definition) is 4. The molecule has 0 saturated carbocycles. The van der Waals surface area contributed by atoms with Crippen LogP contribution in [0.15, 0.2) is 41.5 Å². The first-order valence-electron chi connectivity index (χ1n) is 11.8. The van der Waals surface area contributed by atoms with Crippen LogP contribution in [-0.2, 0) is 10.2 Å². The van der Waals surface area contributed by atoms with E-state index < -0.39 is 16.9 Å². The van der Waals surface area contributed by atoms with Gasteiger partial charge in [0.2, 0.25) is 11.8 Å². The number of nitrogens with zero attached hydrogens (tertiary/aromatic N) is 2. The van der Waals surface area contributed by atoms with E-state index in [1.165, 1.54) is 6.20 Å². The second-order valence-corrected chi connectivity index (χ2v) is 9.33. The fourth-order valence-electron chi connectivity index (χ4n) is 4.72. The summed E-state index contributed by atoms with van der Waals surface area (Å²) in [6, 6.07) is 6.99. The molecule has 0 fully saturated rings. The largest absolute Gasteiger partial charge is 0.474 e. The molecule has 2 aliphatic rings. The second-order valence-electron chi connectivity index (χ2n) is 9.33. The molecule has 1 aromatic carbocycles. The molecule has 3 aromatic rings. The third kappa shape index (κ3) is 3.74. The molecular formula is C26H28N6O4. The maximum absolute atomic E-state index is 13.3. The Morgan fingerprint density at radius 3 is 2.81 bits per heavy atom. The fraction of sp³-hybridized carbons (Fsp3) is 0.308. The molecule has 4 N–H and O–H groups in total. The van der Waals surface area contributed by atoms with Gasteiger partial charge in [-0.3, -0.25) is 14.4 Å². The lowest BCUT2D eigenvalue weighted by Gasteiger charge is -2.22. The van der Waals surface area contributed by atoms with Crippen molar-refractivity contribution in [2.24, 2.45) is 0 Å². The van der Waals surface area contributed by atoms with Crippen LogP contribution >= 0.6 is 0 Å². The predicted octanol–water partition coefficient (Wildman–Crippen LogP) is 3.52. The van der Waals surface area contributed by atoms with Gasteiger partial charge in [-0.15, -0.1) is 0 Å². The molecule has 5 rings (SSSR count). The van der Waals surface area contributed by atoms with Gasteiger partial charge in [0, 0.05) is 36.2 Å². The number of carbonyl (C=O) groups is 2. The Morgan fingerprint density at radius 1 is 1.22 bits per heavy atom. The van der Waals surface area contributed by atoms with Crippen LogP contribution in [0.4, 0.5) is 28.4 Å². The van der Waals surface area contributed by atoms with E-state index in [1.54, 1.807) is 29.3 Å². The highest BCUT2D eigenvalue weighted by Crippen LogP contribution is 2.42. The highest BCUT2D eigenvalue weighted by molar-refractivity contribution is 6.10. The van der Waals surface area contributed by atoms with Gasteiger partial charge in [-0.25, -0.2) is 4.98 Å². The van der Waals surface area contributed by atoms with Crippen molar-refractivity contribution in [3.63, 3.8) is 0 Å². The lowest BCUT2D eigenvalue weighted by atomic mass is 9.86. The number of H-pyrrole nitrogens is 1. The third-order valence-electron chi connectivity index (χ3n) is 6.72.